The van der Waals surface area contributed by atoms with Gasteiger partial charge in [0.05, 0.1) is 38.1 Å². The Balaban J connectivity index is 3.45. The van der Waals surface area contributed by atoms with E-state index in [0.29, 0.717) is 55.0 Å². The Morgan fingerprint density at radius 2 is 1.37 bits per heavy atom. The summed E-state index contributed by atoms with van der Waals surface area (Å²) in [6.45, 7) is 13.2. The van der Waals surface area contributed by atoms with Gasteiger partial charge in [0.2, 0.25) is 0 Å². The third-order valence-electron chi connectivity index (χ3n) is 3.65. The van der Waals surface area contributed by atoms with Crippen molar-refractivity contribution in [3.8, 4) is 23.0 Å². The van der Waals surface area contributed by atoms with Gasteiger partial charge in [0.15, 0.2) is 23.0 Å². The highest BCUT2D eigenvalue weighted by Crippen LogP contribution is 2.45. The van der Waals surface area contributed by atoms with E-state index in [1.54, 1.807) is 12.1 Å². The van der Waals surface area contributed by atoms with Crippen LogP contribution < -0.4 is 18.9 Å². The van der Waals surface area contributed by atoms with Crippen LogP contribution in [0.15, 0.2) is 12.1 Å². The van der Waals surface area contributed by atoms with Crippen LogP contribution in [0.4, 0.5) is 0 Å². The molecule has 0 radical (unpaired) electrons. The highest BCUT2D eigenvalue weighted by atomic mass is 16.5. The van der Waals surface area contributed by atoms with Crippen molar-refractivity contribution in [2.75, 3.05) is 26.4 Å². The smallest absolute Gasteiger partial charge is 0.331 e. The van der Waals surface area contributed by atoms with Gasteiger partial charge in [-0.2, -0.15) is 0 Å². The lowest BCUT2D eigenvalue weighted by molar-refractivity contribution is -0.142. The van der Waals surface area contributed by atoms with Gasteiger partial charge in [0.1, 0.15) is 0 Å². The second-order valence-corrected chi connectivity index (χ2v) is 5.67. The van der Waals surface area contributed by atoms with E-state index in [0.717, 1.165) is 6.42 Å². The van der Waals surface area contributed by atoms with Crippen molar-refractivity contribution >= 4 is 12.0 Å². The Morgan fingerprint density at radius 1 is 0.889 bits per heavy atom. The monoisotopic (exact) mass is 380 g/mol. The lowest BCUT2D eigenvalue weighted by atomic mass is 10.1. The zero-order chi connectivity index (χ0) is 20.2. The van der Waals surface area contributed by atoms with Crippen LogP contribution >= 0.6 is 0 Å². The second-order valence-electron chi connectivity index (χ2n) is 5.67. The molecule has 0 amide bonds. The molecule has 0 aliphatic carbocycles. The van der Waals surface area contributed by atoms with Gasteiger partial charge in [-0.3, -0.25) is 0 Å². The Bertz CT molecular complexity index is 589. The molecule has 0 heterocycles. The molecule has 152 valence electrons. The summed E-state index contributed by atoms with van der Waals surface area (Å²) in [5.41, 5.74) is 0.592. The first-order valence-corrected chi connectivity index (χ1v) is 9.62. The summed E-state index contributed by atoms with van der Waals surface area (Å²) in [5, 5.41) is 0. The van der Waals surface area contributed by atoms with Crippen LogP contribution in [0.3, 0.4) is 0 Å². The first-order chi connectivity index (χ1) is 13.0. The third kappa shape index (κ3) is 6.70. The van der Waals surface area contributed by atoms with Crippen molar-refractivity contribution in [3.63, 3.8) is 0 Å². The maximum Gasteiger partial charge on any atom is 0.331 e. The van der Waals surface area contributed by atoms with E-state index in [1.165, 1.54) is 6.08 Å². The van der Waals surface area contributed by atoms with Crippen LogP contribution in [0.25, 0.3) is 6.08 Å². The highest BCUT2D eigenvalue weighted by Gasteiger charge is 2.21. The molecular weight excluding hydrogens is 348 g/mol. The van der Waals surface area contributed by atoms with Crippen LogP contribution in [0.1, 0.15) is 53.5 Å². The molecule has 6 nitrogen and oxygen atoms in total. The Hall–Kier alpha value is -2.37. The van der Waals surface area contributed by atoms with Gasteiger partial charge in [0.25, 0.3) is 0 Å². The average molecular weight is 380 g/mol. The molecule has 0 fully saturated rings. The Labute approximate surface area is 162 Å². The molecule has 0 aromatic heterocycles. The molecule has 0 spiro atoms. The molecule has 6 heteroatoms. The van der Waals surface area contributed by atoms with Crippen molar-refractivity contribution in [3.05, 3.63) is 17.7 Å². The predicted molar refractivity (Wildman–Crippen MR) is 106 cm³/mol. The largest absolute Gasteiger partial charge is 0.490 e. The highest BCUT2D eigenvalue weighted by molar-refractivity contribution is 5.89. The molecule has 1 atom stereocenters. The topological polar surface area (TPSA) is 63.2 Å². The van der Waals surface area contributed by atoms with Crippen molar-refractivity contribution < 1.29 is 28.5 Å². The van der Waals surface area contributed by atoms with E-state index in [4.69, 9.17) is 23.7 Å². The lowest BCUT2D eigenvalue weighted by Gasteiger charge is -2.20. The maximum absolute atomic E-state index is 12.1. The summed E-state index contributed by atoms with van der Waals surface area (Å²) < 4.78 is 28.4. The number of rotatable bonds is 12. The zero-order valence-corrected chi connectivity index (χ0v) is 17.3. The molecule has 0 saturated carbocycles. The molecule has 0 aliphatic heterocycles. The van der Waals surface area contributed by atoms with Gasteiger partial charge in [-0.15, -0.1) is 0 Å². The molecule has 1 unspecified atom stereocenters. The quantitative estimate of drug-likeness (QED) is 0.389. The number of hydrogen-bond acceptors (Lipinski definition) is 6. The minimum absolute atomic E-state index is 0.145. The van der Waals surface area contributed by atoms with Gasteiger partial charge in [-0.1, -0.05) is 6.92 Å². The number of esters is 1. The summed E-state index contributed by atoms with van der Waals surface area (Å²) >= 11 is 0. The van der Waals surface area contributed by atoms with Crippen LogP contribution in [0.2, 0.25) is 0 Å². The third-order valence-corrected chi connectivity index (χ3v) is 3.65. The normalized spacial score (nSPS) is 11.9. The predicted octanol–water partition coefficient (Wildman–Crippen LogP) is 4.64. The van der Waals surface area contributed by atoms with E-state index < -0.39 is 5.97 Å². The lowest BCUT2D eigenvalue weighted by Crippen LogP contribution is -2.11. The number of carbonyl (C=O) groups is 1. The summed E-state index contributed by atoms with van der Waals surface area (Å²) in [4.78, 5) is 12.1. The van der Waals surface area contributed by atoms with Crippen LogP contribution in [-0.4, -0.2) is 38.5 Å². The first kappa shape index (κ1) is 22.7. The molecule has 0 bridgehead atoms. The Kier molecular flexibility index (Phi) is 10.2. The Morgan fingerprint density at radius 3 is 1.78 bits per heavy atom. The van der Waals surface area contributed by atoms with E-state index in [1.807, 2.05) is 41.5 Å². The molecule has 0 saturated heterocycles. The average Bonchev–Trinajstić information content (AvgIpc) is 2.64. The van der Waals surface area contributed by atoms with Crippen molar-refractivity contribution in [2.24, 2.45) is 0 Å². The number of carbonyl (C=O) groups excluding carboxylic acids is 1. The zero-order valence-electron chi connectivity index (χ0n) is 17.3. The second kappa shape index (κ2) is 12.1. The van der Waals surface area contributed by atoms with Crippen molar-refractivity contribution in [2.45, 2.75) is 54.1 Å². The van der Waals surface area contributed by atoms with Crippen molar-refractivity contribution in [1.82, 2.24) is 0 Å². The fourth-order valence-electron chi connectivity index (χ4n) is 2.35. The molecule has 27 heavy (non-hydrogen) atoms. The number of ether oxygens (including phenoxy) is 5. The maximum atomic E-state index is 12.1. The fourth-order valence-corrected chi connectivity index (χ4v) is 2.35. The van der Waals surface area contributed by atoms with Crippen LogP contribution in [0, 0.1) is 0 Å². The summed E-state index contributed by atoms with van der Waals surface area (Å²) in [5.74, 6) is 1.69. The molecule has 0 aliphatic rings. The molecule has 1 rings (SSSR count). The van der Waals surface area contributed by atoms with Crippen molar-refractivity contribution in [1.29, 1.82) is 0 Å². The van der Waals surface area contributed by atoms with Crippen LogP contribution in [0.5, 0.6) is 23.0 Å². The summed E-state index contributed by atoms with van der Waals surface area (Å²) in [7, 11) is 0. The van der Waals surface area contributed by atoms with E-state index in [-0.39, 0.29) is 6.10 Å². The van der Waals surface area contributed by atoms with Crippen LogP contribution in [-0.2, 0) is 9.53 Å². The first-order valence-electron chi connectivity index (χ1n) is 9.62. The minimum atomic E-state index is -0.422. The van der Waals surface area contributed by atoms with E-state index in [2.05, 4.69) is 0 Å². The SMILES string of the molecule is CCOc1cc(OCC)c(OCC)c(C=CC(=O)OC(C)CC)c1OCC. The standard InChI is InChI=1S/C21H32O6/c1-7-15(6)27-19(22)13-12-16-20(25-10-4)17(23-8-2)14-18(24-9-3)21(16)26-11-5/h12-15H,7-11H2,1-6H3. The summed E-state index contributed by atoms with van der Waals surface area (Å²) in [6, 6.07) is 1.76. The molecule has 1 aromatic carbocycles. The van der Waals surface area contributed by atoms with Gasteiger partial charge >= 0.3 is 5.97 Å². The van der Waals surface area contributed by atoms with E-state index in [9.17, 15) is 4.79 Å². The number of hydrogen-bond donors (Lipinski definition) is 0. The van der Waals surface area contributed by atoms with E-state index >= 15 is 0 Å². The van der Waals surface area contributed by atoms with Gasteiger partial charge < -0.3 is 23.7 Å². The number of benzene rings is 1. The molecular formula is C21H32O6. The summed E-state index contributed by atoms with van der Waals surface area (Å²) in [6.07, 6.45) is 3.61. The van der Waals surface area contributed by atoms with Gasteiger partial charge in [0, 0.05) is 12.1 Å². The fraction of sp³-hybridized carbons (Fsp3) is 0.571. The molecule has 1 aromatic rings. The van der Waals surface area contributed by atoms with Gasteiger partial charge in [-0.25, -0.2) is 4.79 Å². The van der Waals surface area contributed by atoms with Gasteiger partial charge in [-0.05, 0) is 47.1 Å². The minimum Gasteiger partial charge on any atom is -0.490 e. The molecule has 0 N–H and O–H groups in total.